The Morgan fingerprint density at radius 1 is 0.909 bits per heavy atom. The van der Waals surface area contributed by atoms with E-state index in [1.54, 1.807) is 0 Å². The van der Waals surface area contributed by atoms with Crippen molar-refractivity contribution in [2.24, 2.45) is 0 Å². The van der Waals surface area contributed by atoms with Gasteiger partial charge in [0.15, 0.2) is 5.11 Å². The van der Waals surface area contributed by atoms with Crippen LogP contribution in [0.25, 0.3) is 0 Å². The van der Waals surface area contributed by atoms with Gasteiger partial charge in [0.2, 0.25) is 0 Å². The number of thiocarbonyl (C=S) groups is 1. The van der Waals surface area contributed by atoms with Crippen molar-refractivity contribution >= 4 is 17.3 Å². The summed E-state index contributed by atoms with van der Waals surface area (Å²) in [4.78, 5) is 4.62. The lowest BCUT2D eigenvalue weighted by Crippen LogP contribution is -2.56. The monoisotopic (exact) mass is 311 g/mol. The summed E-state index contributed by atoms with van der Waals surface area (Å²) in [5.74, 6) is 0. The standard InChI is InChI=1S/C18H21N3S/c22-18-19-14-20(13-17-9-5-2-6-10-17)15-21(18)12-11-16-7-3-1-4-8-16/h1-10H,11-15H2,(H,19,22). The van der Waals surface area contributed by atoms with Crippen molar-refractivity contribution in [3.8, 4) is 0 Å². The average molecular weight is 311 g/mol. The summed E-state index contributed by atoms with van der Waals surface area (Å²) in [6.45, 7) is 3.59. The van der Waals surface area contributed by atoms with Crippen molar-refractivity contribution in [1.29, 1.82) is 0 Å². The lowest BCUT2D eigenvalue weighted by atomic mass is 10.1. The Hall–Kier alpha value is -1.91. The summed E-state index contributed by atoms with van der Waals surface area (Å²) in [6.07, 6.45) is 1.02. The molecule has 0 saturated carbocycles. The molecule has 4 heteroatoms. The minimum atomic E-state index is 0.815. The lowest BCUT2D eigenvalue weighted by Gasteiger charge is -2.38. The third kappa shape index (κ3) is 4.06. The van der Waals surface area contributed by atoms with Crippen LogP contribution in [0.1, 0.15) is 11.1 Å². The molecule has 0 spiro atoms. The summed E-state index contributed by atoms with van der Waals surface area (Å²) < 4.78 is 0. The van der Waals surface area contributed by atoms with Crippen LogP contribution in [0.3, 0.4) is 0 Å². The number of hydrogen-bond acceptors (Lipinski definition) is 2. The first kappa shape index (κ1) is 15.0. The minimum absolute atomic E-state index is 0.815. The zero-order chi connectivity index (χ0) is 15.2. The normalized spacial score (nSPS) is 15.6. The van der Waals surface area contributed by atoms with Gasteiger partial charge in [0.1, 0.15) is 0 Å². The maximum atomic E-state index is 5.45. The van der Waals surface area contributed by atoms with Crippen molar-refractivity contribution in [3.63, 3.8) is 0 Å². The highest BCUT2D eigenvalue weighted by atomic mass is 32.1. The fourth-order valence-corrected chi connectivity index (χ4v) is 2.89. The molecular formula is C18H21N3S. The van der Waals surface area contributed by atoms with E-state index in [9.17, 15) is 0 Å². The second kappa shape index (κ2) is 7.38. The van der Waals surface area contributed by atoms with Crippen LogP contribution >= 0.6 is 12.2 Å². The Bertz CT molecular complexity index is 600. The van der Waals surface area contributed by atoms with Gasteiger partial charge in [-0.15, -0.1) is 0 Å². The first-order valence-corrected chi connectivity index (χ1v) is 8.05. The molecule has 2 aromatic carbocycles. The number of benzene rings is 2. The average Bonchev–Trinajstić information content (AvgIpc) is 2.57. The van der Waals surface area contributed by atoms with Crippen molar-refractivity contribution in [2.45, 2.75) is 13.0 Å². The Morgan fingerprint density at radius 2 is 1.55 bits per heavy atom. The van der Waals surface area contributed by atoms with Crippen LogP contribution in [0, 0.1) is 0 Å². The minimum Gasteiger partial charge on any atom is -0.350 e. The van der Waals surface area contributed by atoms with E-state index in [2.05, 4.69) is 75.8 Å². The largest absolute Gasteiger partial charge is 0.350 e. The Labute approximate surface area is 137 Å². The Balaban J connectivity index is 1.55. The zero-order valence-corrected chi connectivity index (χ0v) is 13.4. The van der Waals surface area contributed by atoms with E-state index in [0.717, 1.165) is 38.0 Å². The predicted molar refractivity (Wildman–Crippen MR) is 94.3 cm³/mol. The van der Waals surface area contributed by atoms with Crippen LogP contribution in [0.4, 0.5) is 0 Å². The molecule has 0 unspecified atom stereocenters. The van der Waals surface area contributed by atoms with E-state index < -0.39 is 0 Å². The molecule has 3 rings (SSSR count). The summed E-state index contributed by atoms with van der Waals surface area (Å²) >= 11 is 5.45. The van der Waals surface area contributed by atoms with Crippen LogP contribution in [-0.2, 0) is 13.0 Å². The van der Waals surface area contributed by atoms with Gasteiger partial charge in [0, 0.05) is 13.1 Å². The van der Waals surface area contributed by atoms with Crippen molar-refractivity contribution in [3.05, 3.63) is 71.8 Å². The summed E-state index contributed by atoms with van der Waals surface area (Å²) in [5, 5.41) is 4.18. The molecule has 1 N–H and O–H groups in total. The van der Waals surface area contributed by atoms with Crippen LogP contribution in [0.15, 0.2) is 60.7 Å². The molecule has 114 valence electrons. The molecule has 3 nitrogen and oxygen atoms in total. The molecular weight excluding hydrogens is 290 g/mol. The molecule has 1 saturated heterocycles. The van der Waals surface area contributed by atoms with Gasteiger partial charge < -0.3 is 10.2 Å². The SMILES string of the molecule is S=C1NCN(Cc2ccccc2)CN1CCc1ccccc1. The highest BCUT2D eigenvalue weighted by Gasteiger charge is 2.20. The number of nitrogens with zero attached hydrogens (tertiary/aromatic N) is 2. The van der Waals surface area contributed by atoms with Gasteiger partial charge in [-0.25, -0.2) is 0 Å². The van der Waals surface area contributed by atoms with Crippen molar-refractivity contribution in [1.82, 2.24) is 15.1 Å². The molecule has 1 aliphatic heterocycles. The highest BCUT2D eigenvalue weighted by Crippen LogP contribution is 2.09. The smallest absolute Gasteiger partial charge is 0.171 e. The van der Waals surface area contributed by atoms with Gasteiger partial charge in [0.25, 0.3) is 0 Å². The first-order chi connectivity index (χ1) is 10.8. The molecule has 1 aliphatic rings. The molecule has 0 aliphatic carbocycles. The van der Waals surface area contributed by atoms with Crippen LogP contribution in [-0.4, -0.2) is 34.8 Å². The summed E-state index contributed by atoms with van der Waals surface area (Å²) in [7, 11) is 0. The Morgan fingerprint density at radius 3 is 2.23 bits per heavy atom. The van der Waals surface area contributed by atoms with Gasteiger partial charge in [-0.05, 0) is 29.8 Å². The molecule has 1 heterocycles. The summed E-state index contributed by atoms with van der Waals surface area (Å²) in [5.41, 5.74) is 2.69. The maximum absolute atomic E-state index is 5.45. The first-order valence-electron chi connectivity index (χ1n) is 7.64. The fourth-order valence-electron chi connectivity index (χ4n) is 2.68. The second-order valence-corrected chi connectivity index (χ2v) is 5.98. The van der Waals surface area contributed by atoms with Gasteiger partial charge in [-0.3, -0.25) is 4.90 Å². The highest BCUT2D eigenvalue weighted by molar-refractivity contribution is 7.80. The Kier molecular flexibility index (Phi) is 5.03. The molecule has 0 amide bonds. The molecule has 0 atom stereocenters. The number of nitrogens with one attached hydrogen (secondary N) is 1. The molecule has 2 aromatic rings. The van der Waals surface area contributed by atoms with E-state index in [1.165, 1.54) is 11.1 Å². The maximum Gasteiger partial charge on any atom is 0.171 e. The zero-order valence-electron chi connectivity index (χ0n) is 12.6. The second-order valence-electron chi connectivity index (χ2n) is 5.60. The van der Waals surface area contributed by atoms with Gasteiger partial charge in [0.05, 0.1) is 13.3 Å². The van der Waals surface area contributed by atoms with Crippen LogP contribution in [0.2, 0.25) is 0 Å². The van der Waals surface area contributed by atoms with Crippen molar-refractivity contribution in [2.75, 3.05) is 19.9 Å². The van der Waals surface area contributed by atoms with Crippen LogP contribution < -0.4 is 5.32 Å². The molecule has 22 heavy (non-hydrogen) atoms. The number of rotatable bonds is 5. The van der Waals surface area contributed by atoms with Crippen LogP contribution in [0.5, 0.6) is 0 Å². The van der Waals surface area contributed by atoms with E-state index >= 15 is 0 Å². The van der Waals surface area contributed by atoms with Gasteiger partial charge >= 0.3 is 0 Å². The topological polar surface area (TPSA) is 18.5 Å². The summed E-state index contributed by atoms with van der Waals surface area (Å²) in [6, 6.07) is 21.1. The van der Waals surface area contributed by atoms with E-state index in [1.807, 2.05) is 0 Å². The quantitative estimate of drug-likeness (QED) is 0.856. The van der Waals surface area contributed by atoms with E-state index in [0.29, 0.717) is 0 Å². The number of hydrogen-bond donors (Lipinski definition) is 1. The molecule has 0 radical (unpaired) electrons. The third-order valence-corrected chi connectivity index (χ3v) is 4.28. The molecule has 1 fully saturated rings. The van der Waals surface area contributed by atoms with E-state index in [-0.39, 0.29) is 0 Å². The molecule has 0 bridgehead atoms. The molecule has 0 aromatic heterocycles. The van der Waals surface area contributed by atoms with Gasteiger partial charge in [-0.1, -0.05) is 60.7 Å². The van der Waals surface area contributed by atoms with Gasteiger partial charge in [-0.2, -0.15) is 0 Å². The lowest BCUT2D eigenvalue weighted by molar-refractivity contribution is 0.147. The fraction of sp³-hybridized carbons (Fsp3) is 0.278. The predicted octanol–water partition coefficient (Wildman–Crippen LogP) is 2.84. The van der Waals surface area contributed by atoms with Crippen molar-refractivity contribution < 1.29 is 0 Å². The third-order valence-electron chi connectivity index (χ3n) is 3.87. The van der Waals surface area contributed by atoms with E-state index in [4.69, 9.17) is 12.2 Å².